The zero-order chi connectivity index (χ0) is 13.7. The minimum Gasteiger partial charge on any atom is -0.481 e. The summed E-state index contributed by atoms with van der Waals surface area (Å²) >= 11 is 0. The molecule has 0 aromatic heterocycles. The summed E-state index contributed by atoms with van der Waals surface area (Å²) in [5.74, 6) is -2.09. The largest absolute Gasteiger partial charge is 0.481 e. The molecule has 2 atom stereocenters. The SMILES string of the molecule is CC(C(=O)O)C(C)C(=O)N(C)CCN1CCCC1. The lowest BCUT2D eigenvalue weighted by molar-refractivity contribution is -0.148. The summed E-state index contributed by atoms with van der Waals surface area (Å²) in [6, 6.07) is 0. The summed E-state index contributed by atoms with van der Waals surface area (Å²) < 4.78 is 0. The van der Waals surface area contributed by atoms with Gasteiger partial charge in [0.05, 0.1) is 5.92 Å². The first-order valence-electron chi connectivity index (χ1n) is 6.63. The summed E-state index contributed by atoms with van der Waals surface area (Å²) in [5, 5.41) is 8.91. The third kappa shape index (κ3) is 3.98. The molecule has 1 aliphatic heterocycles. The lowest BCUT2D eigenvalue weighted by Crippen LogP contribution is -2.40. The Morgan fingerprint density at radius 1 is 1.22 bits per heavy atom. The van der Waals surface area contributed by atoms with Crippen molar-refractivity contribution < 1.29 is 14.7 Å². The number of nitrogens with zero attached hydrogens (tertiary/aromatic N) is 2. The summed E-state index contributed by atoms with van der Waals surface area (Å²) in [4.78, 5) is 26.9. The molecule has 0 saturated carbocycles. The van der Waals surface area contributed by atoms with Gasteiger partial charge in [-0.1, -0.05) is 13.8 Å². The molecule has 0 bridgehead atoms. The van der Waals surface area contributed by atoms with Crippen LogP contribution >= 0.6 is 0 Å². The Hall–Kier alpha value is -1.10. The highest BCUT2D eigenvalue weighted by Gasteiger charge is 2.28. The number of hydrogen-bond donors (Lipinski definition) is 1. The Morgan fingerprint density at radius 3 is 2.28 bits per heavy atom. The Balaban J connectivity index is 2.37. The van der Waals surface area contributed by atoms with Gasteiger partial charge in [-0.3, -0.25) is 9.59 Å². The first-order chi connectivity index (χ1) is 8.43. The maximum Gasteiger partial charge on any atom is 0.307 e. The number of rotatable bonds is 6. The molecule has 1 aliphatic rings. The molecule has 0 aromatic rings. The van der Waals surface area contributed by atoms with Gasteiger partial charge in [0.15, 0.2) is 0 Å². The van der Waals surface area contributed by atoms with Crippen LogP contribution in [0, 0.1) is 11.8 Å². The molecule has 1 rings (SSSR count). The van der Waals surface area contributed by atoms with Gasteiger partial charge in [-0.05, 0) is 25.9 Å². The molecule has 0 radical (unpaired) electrons. The maximum absolute atomic E-state index is 12.0. The van der Waals surface area contributed by atoms with Crippen LogP contribution < -0.4 is 0 Å². The summed E-state index contributed by atoms with van der Waals surface area (Å²) in [6.45, 7) is 7.06. The minimum atomic E-state index is -0.913. The molecular weight excluding hydrogens is 232 g/mol. The number of carbonyl (C=O) groups excluding carboxylic acids is 1. The second-order valence-electron chi connectivity index (χ2n) is 5.22. The smallest absolute Gasteiger partial charge is 0.307 e. The molecule has 0 aliphatic carbocycles. The van der Waals surface area contributed by atoms with E-state index in [1.807, 2.05) is 0 Å². The maximum atomic E-state index is 12.0. The average molecular weight is 256 g/mol. The zero-order valence-corrected chi connectivity index (χ0v) is 11.6. The summed E-state index contributed by atoms with van der Waals surface area (Å²) in [5.41, 5.74) is 0. The van der Waals surface area contributed by atoms with Gasteiger partial charge in [0.25, 0.3) is 0 Å². The van der Waals surface area contributed by atoms with Gasteiger partial charge in [0.2, 0.25) is 5.91 Å². The predicted molar refractivity (Wildman–Crippen MR) is 69.3 cm³/mol. The van der Waals surface area contributed by atoms with Crippen LogP contribution in [0.25, 0.3) is 0 Å². The number of carboxylic acid groups (broad SMARTS) is 1. The number of likely N-dealkylation sites (N-methyl/N-ethyl adjacent to an activating group) is 1. The van der Waals surface area contributed by atoms with E-state index in [1.165, 1.54) is 12.8 Å². The van der Waals surface area contributed by atoms with Gasteiger partial charge < -0.3 is 14.9 Å². The number of carboxylic acids is 1. The molecule has 1 saturated heterocycles. The molecule has 1 fully saturated rings. The molecule has 1 N–H and O–H groups in total. The van der Waals surface area contributed by atoms with E-state index in [9.17, 15) is 9.59 Å². The van der Waals surface area contributed by atoms with Gasteiger partial charge in [-0.2, -0.15) is 0 Å². The highest BCUT2D eigenvalue weighted by Crippen LogP contribution is 2.14. The summed E-state index contributed by atoms with van der Waals surface area (Å²) in [6.07, 6.45) is 2.48. The third-order valence-corrected chi connectivity index (χ3v) is 3.86. The average Bonchev–Trinajstić information content (AvgIpc) is 2.86. The number of hydrogen-bond acceptors (Lipinski definition) is 3. The Kier molecular flexibility index (Phi) is 5.59. The Morgan fingerprint density at radius 2 is 1.78 bits per heavy atom. The first-order valence-corrected chi connectivity index (χ1v) is 6.63. The van der Waals surface area contributed by atoms with Crippen molar-refractivity contribution in [1.29, 1.82) is 0 Å². The third-order valence-electron chi connectivity index (χ3n) is 3.86. The zero-order valence-electron chi connectivity index (χ0n) is 11.6. The van der Waals surface area contributed by atoms with Crippen molar-refractivity contribution in [2.24, 2.45) is 11.8 Å². The minimum absolute atomic E-state index is 0.0795. The van der Waals surface area contributed by atoms with Crippen molar-refractivity contribution >= 4 is 11.9 Å². The van der Waals surface area contributed by atoms with Crippen LogP contribution in [0.2, 0.25) is 0 Å². The monoisotopic (exact) mass is 256 g/mol. The molecule has 0 aromatic carbocycles. The lowest BCUT2D eigenvalue weighted by atomic mass is 9.95. The number of carbonyl (C=O) groups is 2. The van der Waals surface area contributed by atoms with Crippen LogP contribution in [0.4, 0.5) is 0 Å². The fourth-order valence-corrected chi connectivity index (χ4v) is 2.18. The standard InChI is InChI=1S/C13H24N2O3/c1-10(11(2)13(17)18)12(16)14(3)8-9-15-6-4-5-7-15/h10-11H,4-9H2,1-3H3,(H,17,18). The fourth-order valence-electron chi connectivity index (χ4n) is 2.18. The number of amides is 1. The van der Waals surface area contributed by atoms with Crippen molar-refractivity contribution in [2.45, 2.75) is 26.7 Å². The second-order valence-corrected chi connectivity index (χ2v) is 5.22. The highest BCUT2D eigenvalue weighted by molar-refractivity contribution is 5.84. The Bertz CT molecular complexity index is 301. The van der Waals surface area contributed by atoms with Gasteiger partial charge in [0.1, 0.15) is 0 Å². The number of likely N-dealkylation sites (tertiary alicyclic amines) is 1. The van der Waals surface area contributed by atoms with E-state index in [4.69, 9.17) is 5.11 Å². The van der Waals surface area contributed by atoms with Gasteiger partial charge in [0, 0.05) is 26.1 Å². The molecule has 2 unspecified atom stereocenters. The quantitative estimate of drug-likeness (QED) is 0.767. The molecule has 5 heteroatoms. The highest BCUT2D eigenvalue weighted by atomic mass is 16.4. The van der Waals surface area contributed by atoms with Crippen molar-refractivity contribution in [3.63, 3.8) is 0 Å². The summed E-state index contributed by atoms with van der Waals surface area (Å²) in [7, 11) is 1.75. The van der Waals surface area contributed by atoms with E-state index in [2.05, 4.69) is 4.90 Å². The van der Waals surface area contributed by atoms with Gasteiger partial charge >= 0.3 is 5.97 Å². The molecule has 104 valence electrons. The van der Waals surface area contributed by atoms with Crippen molar-refractivity contribution in [3.8, 4) is 0 Å². The topological polar surface area (TPSA) is 60.9 Å². The second kappa shape index (κ2) is 6.73. The molecule has 18 heavy (non-hydrogen) atoms. The van der Waals surface area contributed by atoms with E-state index in [0.29, 0.717) is 6.54 Å². The molecule has 0 spiro atoms. The van der Waals surface area contributed by atoms with E-state index in [-0.39, 0.29) is 5.91 Å². The van der Waals surface area contributed by atoms with Crippen molar-refractivity contribution in [3.05, 3.63) is 0 Å². The van der Waals surface area contributed by atoms with Crippen LogP contribution in [0.5, 0.6) is 0 Å². The molecule has 1 heterocycles. The van der Waals surface area contributed by atoms with Crippen molar-refractivity contribution in [2.75, 3.05) is 33.2 Å². The van der Waals surface area contributed by atoms with Crippen LogP contribution in [0.3, 0.4) is 0 Å². The fraction of sp³-hybridized carbons (Fsp3) is 0.846. The molecular formula is C13H24N2O3. The molecule has 5 nitrogen and oxygen atoms in total. The van der Waals surface area contributed by atoms with Crippen LogP contribution in [0.1, 0.15) is 26.7 Å². The first kappa shape index (κ1) is 15.0. The van der Waals surface area contributed by atoms with Crippen LogP contribution in [-0.2, 0) is 9.59 Å². The lowest BCUT2D eigenvalue weighted by Gasteiger charge is -2.25. The normalized spacial score (nSPS) is 19.5. The molecule has 1 amide bonds. The van der Waals surface area contributed by atoms with Crippen LogP contribution in [-0.4, -0.2) is 60.0 Å². The van der Waals surface area contributed by atoms with Gasteiger partial charge in [-0.15, -0.1) is 0 Å². The number of aliphatic carboxylic acids is 1. The van der Waals surface area contributed by atoms with E-state index in [0.717, 1.165) is 19.6 Å². The predicted octanol–water partition coefficient (Wildman–Crippen LogP) is 0.897. The van der Waals surface area contributed by atoms with Gasteiger partial charge in [-0.25, -0.2) is 0 Å². The van der Waals surface area contributed by atoms with E-state index in [1.54, 1.807) is 25.8 Å². The van der Waals surface area contributed by atoms with E-state index < -0.39 is 17.8 Å². The van der Waals surface area contributed by atoms with E-state index >= 15 is 0 Å². The Labute approximate surface area is 109 Å². The van der Waals surface area contributed by atoms with Crippen molar-refractivity contribution in [1.82, 2.24) is 9.80 Å². The van der Waals surface area contributed by atoms with Crippen LogP contribution in [0.15, 0.2) is 0 Å².